The molecule has 0 aromatic heterocycles. The third-order valence-corrected chi connectivity index (χ3v) is 5.16. The molecular weight excluding hydrogens is 298 g/mol. The Kier molecular flexibility index (Phi) is 7.51. The number of benzene rings is 1. The molecule has 0 aliphatic heterocycles. The first-order valence-electron chi connectivity index (χ1n) is 6.72. The molecule has 1 aromatic carbocycles. The number of sulfonamides is 1. The molecule has 0 aliphatic carbocycles. The minimum absolute atomic E-state index is 0.00229. The van der Waals surface area contributed by atoms with E-state index in [1.165, 1.54) is 4.31 Å². The molecule has 0 aliphatic rings. The SMILES string of the molecule is CCOCCN(CC)S(=O)(=O)Cc1cccc(CCl)c1. The highest BCUT2D eigenvalue weighted by Crippen LogP contribution is 2.14. The summed E-state index contributed by atoms with van der Waals surface area (Å²) in [4.78, 5) is 0. The molecule has 0 bridgehead atoms. The van der Waals surface area contributed by atoms with Crippen LogP contribution < -0.4 is 0 Å². The van der Waals surface area contributed by atoms with Crippen molar-refractivity contribution in [2.45, 2.75) is 25.5 Å². The topological polar surface area (TPSA) is 46.6 Å². The summed E-state index contributed by atoms with van der Waals surface area (Å²) in [6.45, 7) is 5.58. The van der Waals surface area contributed by atoms with Crippen LogP contribution in [0.3, 0.4) is 0 Å². The summed E-state index contributed by atoms with van der Waals surface area (Å²) >= 11 is 5.77. The van der Waals surface area contributed by atoms with E-state index in [0.717, 1.165) is 11.1 Å². The first kappa shape index (κ1) is 17.4. The number of hydrogen-bond donors (Lipinski definition) is 0. The van der Waals surface area contributed by atoms with Gasteiger partial charge in [-0.1, -0.05) is 31.2 Å². The Hall–Kier alpha value is -0.620. The molecule has 0 atom stereocenters. The smallest absolute Gasteiger partial charge is 0.218 e. The van der Waals surface area contributed by atoms with Crippen LogP contribution in [0.5, 0.6) is 0 Å². The van der Waals surface area contributed by atoms with Crippen molar-refractivity contribution < 1.29 is 13.2 Å². The van der Waals surface area contributed by atoms with Crippen molar-refractivity contribution in [2.75, 3.05) is 26.3 Å². The van der Waals surface area contributed by atoms with Gasteiger partial charge < -0.3 is 4.74 Å². The van der Waals surface area contributed by atoms with Crippen molar-refractivity contribution >= 4 is 21.6 Å². The summed E-state index contributed by atoms with van der Waals surface area (Å²) in [5.41, 5.74) is 1.69. The van der Waals surface area contributed by atoms with E-state index >= 15 is 0 Å². The highest BCUT2D eigenvalue weighted by atomic mass is 35.5. The molecule has 0 radical (unpaired) electrons. The van der Waals surface area contributed by atoms with Crippen LogP contribution in [0.25, 0.3) is 0 Å². The third-order valence-electron chi connectivity index (χ3n) is 2.93. The van der Waals surface area contributed by atoms with E-state index in [0.29, 0.717) is 32.2 Å². The lowest BCUT2D eigenvalue weighted by molar-refractivity contribution is 0.135. The largest absolute Gasteiger partial charge is 0.380 e. The summed E-state index contributed by atoms with van der Waals surface area (Å²) in [6.07, 6.45) is 0. The second kappa shape index (κ2) is 8.62. The standard InChI is InChI=1S/C14H22ClNO3S/c1-3-16(8-9-19-4-2)20(17,18)12-14-7-5-6-13(10-14)11-15/h5-7,10H,3-4,8-9,11-12H2,1-2H3. The summed E-state index contributed by atoms with van der Waals surface area (Å²) in [7, 11) is -3.32. The van der Waals surface area contributed by atoms with Gasteiger partial charge in [-0.3, -0.25) is 0 Å². The summed E-state index contributed by atoms with van der Waals surface area (Å²) in [5, 5.41) is 0. The lowest BCUT2D eigenvalue weighted by atomic mass is 10.2. The van der Waals surface area contributed by atoms with E-state index in [1.54, 1.807) is 0 Å². The number of ether oxygens (including phenoxy) is 1. The van der Waals surface area contributed by atoms with E-state index in [2.05, 4.69) is 0 Å². The lowest BCUT2D eigenvalue weighted by Crippen LogP contribution is -2.34. The molecule has 0 unspecified atom stereocenters. The molecule has 0 N–H and O–H groups in total. The highest BCUT2D eigenvalue weighted by molar-refractivity contribution is 7.88. The maximum Gasteiger partial charge on any atom is 0.218 e. The fourth-order valence-corrected chi connectivity index (χ4v) is 3.60. The molecule has 20 heavy (non-hydrogen) atoms. The average Bonchev–Trinajstić information content (AvgIpc) is 2.43. The molecule has 6 heteroatoms. The van der Waals surface area contributed by atoms with E-state index < -0.39 is 10.0 Å². The van der Waals surface area contributed by atoms with Crippen LogP contribution >= 0.6 is 11.6 Å². The average molecular weight is 320 g/mol. The summed E-state index contributed by atoms with van der Waals surface area (Å²) < 4.78 is 31.4. The molecule has 0 heterocycles. The van der Waals surface area contributed by atoms with Crippen LogP contribution in [-0.2, 0) is 26.4 Å². The van der Waals surface area contributed by atoms with Crippen molar-refractivity contribution in [2.24, 2.45) is 0 Å². The van der Waals surface area contributed by atoms with Gasteiger partial charge in [-0.05, 0) is 18.1 Å². The Balaban J connectivity index is 2.75. The third kappa shape index (κ3) is 5.40. The van der Waals surface area contributed by atoms with Gasteiger partial charge >= 0.3 is 0 Å². The molecule has 0 fully saturated rings. The number of halogens is 1. The minimum atomic E-state index is -3.32. The van der Waals surface area contributed by atoms with Gasteiger partial charge in [-0.15, -0.1) is 11.6 Å². The normalized spacial score (nSPS) is 12.0. The van der Waals surface area contributed by atoms with Gasteiger partial charge in [-0.2, -0.15) is 4.31 Å². The minimum Gasteiger partial charge on any atom is -0.380 e. The Morgan fingerprint density at radius 3 is 2.55 bits per heavy atom. The monoisotopic (exact) mass is 319 g/mol. The predicted octanol–water partition coefficient (Wildman–Crippen LogP) is 2.61. The van der Waals surface area contributed by atoms with Crippen molar-refractivity contribution in [3.63, 3.8) is 0 Å². The van der Waals surface area contributed by atoms with Gasteiger partial charge in [0, 0.05) is 25.6 Å². The van der Waals surface area contributed by atoms with Crippen LogP contribution in [0.15, 0.2) is 24.3 Å². The van der Waals surface area contributed by atoms with E-state index in [-0.39, 0.29) is 5.75 Å². The van der Waals surface area contributed by atoms with E-state index in [1.807, 2.05) is 38.1 Å². The quantitative estimate of drug-likeness (QED) is 0.519. The van der Waals surface area contributed by atoms with Crippen LogP contribution in [0.1, 0.15) is 25.0 Å². The van der Waals surface area contributed by atoms with E-state index in [4.69, 9.17) is 16.3 Å². The Morgan fingerprint density at radius 1 is 1.25 bits per heavy atom. The molecule has 0 spiro atoms. The number of rotatable bonds is 9. The van der Waals surface area contributed by atoms with Gasteiger partial charge in [0.15, 0.2) is 0 Å². The Morgan fingerprint density at radius 2 is 1.95 bits per heavy atom. The van der Waals surface area contributed by atoms with Gasteiger partial charge in [0.05, 0.1) is 12.4 Å². The molecular formula is C14H22ClNO3S. The van der Waals surface area contributed by atoms with Crippen molar-refractivity contribution in [1.82, 2.24) is 4.31 Å². The van der Waals surface area contributed by atoms with Gasteiger partial charge in [0.1, 0.15) is 0 Å². The molecule has 0 saturated heterocycles. The van der Waals surface area contributed by atoms with Gasteiger partial charge in [0.25, 0.3) is 0 Å². The molecule has 0 saturated carbocycles. The molecule has 1 aromatic rings. The van der Waals surface area contributed by atoms with Crippen LogP contribution in [0.4, 0.5) is 0 Å². The van der Waals surface area contributed by atoms with E-state index in [9.17, 15) is 8.42 Å². The zero-order valence-corrected chi connectivity index (χ0v) is 13.6. The number of likely N-dealkylation sites (N-methyl/N-ethyl adjacent to an activating group) is 1. The van der Waals surface area contributed by atoms with Gasteiger partial charge in [0.2, 0.25) is 10.0 Å². The van der Waals surface area contributed by atoms with Crippen LogP contribution in [0.2, 0.25) is 0 Å². The number of hydrogen-bond acceptors (Lipinski definition) is 3. The zero-order valence-electron chi connectivity index (χ0n) is 12.0. The zero-order chi connectivity index (χ0) is 15.0. The Bertz CT molecular complexity index is 505. The summed E-state index contributed by atoms with van der Waals surface area (Å²) in [5.74, 6) is 0.382. The highest BCUT2D eigenvalue weighted by Gasteiger charge is 2.20. The van der Waals surface area contributed by atoms with Crippen LogP contribution in [0, 0.1) is 0 Å². The summed E-state index contributed by atoms with van der Waals surface area (Å²) in [6, 6.07) is 7.36. The molecule has 4 nitrogen and oxygen atoms in total. The fraction of sp³-hybridized carbons (Fsp3) is 0.571. The molecule has 1 rings (SSSR count). The van der Waals surface area contributed by atoms with Crippen molar-refractivity contribution in [1.29, 1.82) is 0 Å². The van der Waals surface area contributed by atoms with Crippen molar-refractivity contribution in [3.8, 4) is 0 Å². The fourth-order valence-electron chi connectivity index (χ4n) is 1.91. The predicted molar refractivity (Wildman–Crippen MR) is 82.4 cm³/mol. The first-order valence-corrected chi connectivity index (χ1v) is 8.87. The van der Waals surface area contributed by atoms with Crippen LogP contribution in [-0.4, -0.2) is 39.0 Å². The maximum atomic E-state index is 12.4. The molecule has 0 amide bonds. The number of alkyl halides is 1. The second-order valence-electron chi connectivity index (χ2n) is 4.40. The van der Waals surface area contributed by atoms with Crippen molar-refractivity contribution in [3.05, 3.63) is 35.4 Å². The first-order chi connectivity index (χ1) is 9.53. The molecule has 114 valence electrons. The second-order valence-corrected chi connectivity index (χ2v) is 6.63. The van der Waals surface area contributed by atoms with Gasteiger partial charge in [-0.25, -0.2) is 8.42 Å². The number of nitrogens with zero attached hydrogens (tertiary/aromatic N) is 1. The lowest BCUT2D eigenvalue weighted by Gasteiger charge is -2.20. The Labute approximate surface area is 126 Å². The maximum absolute atomic E-state index is 12.4.